The van der Waals surface area contributed by atoms with Crippen LogP contribution in [0.3, 0.4) is 0 Å². The maximum Gasteiger partial charge on any atom is 0.108 e. The molecule has 3 nitrogen and oxygen atoms in total. The Morgan fingerprint density at radius 2 is 1.75 bits per heavy atom. The predicted octanol–water partition coefficient (Wildman–Crippen LogP) is 1.80. The number of rotatable bonds is 1. The molecule has 0 fully saturated rings. The first-order valence-electron chi connectivity index (χ1n) is 2.51. The lowest BCUT2D eigenvalue weighted by Crippen LogP contribution is -2.07. The van der Waals surface area contributed by atoms with E-state index in [1.807, 2.05) is 20.8 Å². The van der Waals surface area contributed by atoms with Crippen molar-refractivity contribution < 1.29 is 4.84 Å². The fourth-order valence-electron chi connectivity index (χ4n) is 0.163. The third-order valence-electron chi connectivity index (χ3n) is 0.422. The average molecular weight is 116 g/mol. The monoisotopic (exact) mass is 116 g/mol. The Bertz CT molecular complexity index is 82.9. The second-order valence-corrected chi connectivity index (χ2v) is 2.54. The molecule has 0 atom stereocenters. The van der Waals surface area contributed by atoms with Crippen molar-refractivity contribution in [1.29, 1.82) is 0 Å². The molecule has 0 aliphatic rings. The zero-order chi connectivity index (χ0) is 6.62. The maximum atomic E-state index is 4.38. The molecule has 0 bridgehead atoms. The van der Waals surface area contributed by atoms with Crippen LogP contribution in [0, 0.1) is 0 Å². The first kappa shape index (κ1) is 7.40. The standard InChI is InChI=1S/C5H12N2O/c1-5(2,3)6-7-8-4/h1-4H3. The molecule has 0 unspecified atom stereocenters. The Hall–Kier alpha value is -0.600. The van der Waals surface area contributed by atoms with Crippen LogP contribution in [0.4, 0.5) is 0 Å². The highest BCUT2D eigenvalue weighted by atomic mass is 16.6. The summed E-state index contributed by atoms with van der Waals surface area (Å²) in [7, 11) is 1.48. The summed E-state index contributed by atoms with van der Waals surface area (Å²) in [5.41, 5.74) is -0.115. The molecule has 0 heterocycles. The van der Waals surface area contributed by atoms with Gasteiger partial charge in [0.25, 0.3) is 0 Å². The van der Waals surface area contributed by atoms with E-state index in [-0.39, 0.29) is 5.54 Å². The lowest BCUT2D eigenvalue weighted by atomic mass is 10.1. The van der Waals surface area contributed by atoms with Crippen LogP contribution in [0.2, 0.25) is 0 Å². The van der Waals surface area contributed by atoms with Crippen LogP contribution in [0.5, 0.6) is 0 Å². The Balaban J connectivity index is 3.52. The van der Waals surface area contributed by atoms with Gasteiger partial charge < -0.3 is 4.84 Å². The summed E-state index contributed by atoms with van der Waals surface area (Å²) < 4.78 is 0. The fraction of sp³-hybridized carbons (Fsp3) is 1.00. The van der Waals surface area contributed by atoms with E-state index < -0.39 is 0 Å². The molecular formula is C5H12N2O. The first-order valence-corrected chi connectivity index (χ1v) is 2.51. The van der Waals surface area contributed by atoms with Crippen molar-refractivity contribution in [1.82, 2.24) is 0 Å². The lowest BCUT2D eigenvalue weighted by Gasteiger charge is -2.06. The van der Waals surface area contributed by atoms with Gasteiger partial charge >= 0.3 is 0 Å². The van der Waals surface area contributed by atoms with Crippen LogP contribution in [-0.2, 0) is 4.84 Å². The molecule has 8 heavy (non-hydrogen) atoms. The molecule has 0 saturated carbocycles. The van der Waals surface area contributed by atoms with Crippen LogP contribution in [0.1, 0.15) is 20.8 Å². The normalized spacial score (nSPS) is 12.5. The highest BCUT2D eigenvalue weighted by molar-refractivity contribution is 4.65. The zero-order valence-electron chi connectivity index (χ0n) is 5.80. The molecule has 0 spiro atoms. The first-order chi connectivity index (χ1) is 3.56. The number of nitrogens with zero attached hydrogens (tertiary/aromatic N) is 2. The molecule has 0 aromatic carbocycles. The smallest absolute Gasteiger partial charge is 0.108 e. The molecule has 0 amide bonds. The van der Waals surface area contributed by atoms with Gasteiger partial charge in [-0.1, -0.05) is 0 Å². The van der Waals surface area contributed by atoms with Crippen molar-refractivity contribution in [2.75, 3.05) is 7.11 Å². The van der Waals surface area contributed by atoms with E-state index in [4.69, 9.17) is 0 Å². The molecular weight excluding hydrogens is 104 g/mol. The molecule has 0 aliphatic carbocycles. The largest absolute Gasteiger partial charge is 0.383 e. The third kappa shape index (κ3) is 5.40. The molecule has 3 heteroatoms. The summed E-state index contributed by atoms with van der Waals surface area (Å²) in [5, 5.41) is 7.15. The summed E-state index contributed by atoms with van der Waals surface area (Å²) in [4.78, 5) is 4.38. The van der Waals surface area contributed by atoms with Gasteiger partial charge in [0.1, 0.15) is 7.11 Å². The highest BCUT2D eigenvalue weighted by Crippen LogP contribution is 2.05. The summed E-state index contributed by atoms with van der Waals surface area (Å²) >= 11 is 0. The average Bonchev–Trinajstić information content (AvgIpc) is 1.59. The molecule has 0 saturated heterocycles. The minimum Gasteiger partial charge on any atom is -0.383 e. The SMILES string of the molecule is CON=NC(C)(C)C. The zero-order valence-corrected chi connectivity index (χ0v) is 5.80. The molecule has 0 N–H and O–H groups in total. The number of hydrogen-bond donors (Lipinski definition) is 0. The van der Waals surface area contributed by atoms with Gasteiger partial charge in [0.15, 0.2) is 0 Å². The van der Waals surface area contributed by atoms with Crippen LogP contribution in [-0.4, -0.2) is 12.6 Å². The summed E-state index contributed by atoms with van der Waals surface area (Å²) in [6.07, 6.45) is 0. The summed E-state index contributed by atoms with van der Waals surface area (Å²) in [6, 6.07) is 0. The topological polar surface area (TPSA) is 34.0 Å². The summed E-state index contributed by atoms with van der Waals surface area (Å²) in [5.74, 6) is 0. The van der Waals surface area contributed by atoms with Gasteiger partial charge in [-0.3, -0.25) is 0 Å². The van der Waals surface area contributed by atoms with E-state index >= 15 is 0 Å². The van der Waals surface area contributed by atoms with Crippen molar-refractivity contribution in [2.45, 2.75) is 26.3 Å². The number of hydrogen-bond acceptors (Lipinski definition) is 3. The van der Waals surface area contributed by atoms with Crippen LogP contribution < -0.4 is 0 Å². The Morgan fingerprint density at radius 1 is 1.25 bits per heavy atom. The second-order valence-electron chi connectivity index (χ2n) is 2.54. The van der Waals surface area contributed by atoms with Crippen LogP contribution in [0.25, 0.3) is 0 Å². The van der Waals surface area contributed by atoms with E-state index in [0.717, 1.165) is 0 Å². The maximum absolute atomic E-state index is 4.38. The fourth-order valence-corrected chi connectivity index (χ4v) is 0.163. The van der Waals surface area contributed by atoms with Gasteiger partial charge in [-0.2, -0.15) is 0 Å². The van der Waals surface area contributed by atoms with Gasteiger partial charge in [0, 0.05) is 5.28 Å². The van der Waals surface area contributed by atoms with Crippen molar-refractivity contribution in [3.63, 3.8) is 0 Å². The minimum absolute atomic E-state index is 0.115. The van der Waals surface area contributed by atoms with Crippen molar-refractivity contribution in [3.8, 4) is 0 Å². The van der Waals surface area contributed by atoms with Crippen LogP contribution in [0.15, 0.2) is 10.4 Å². The Labute approximate surface area is 49.7 Å². The molecule has 0 aromatic heterocycles. The molecule has 0 aromatic rings. The molecule has 0 radical (unpaired) electrons. The Kier molecular flexibility index (Phi) is 2.45. The quantitative estimate of drug-likeness (QED) is 0.380. The van der Waals surface area contributed by atoms with Crippen LogP contribution >= 0.6 is 0 Å². The van der Waals surface area contributed by atoms with E-state index in [0.29, 0.717) is 0 Å². The van der Waals surface area contributed by atoms with Gasteiger partial charge in [-0.25, -0.2) is 0 Å². The molecule has 48 valence electrons. The highest BCUT2D eigenvalue weighted by Gasteiger charge is 2.05. The van der Waals surface area contributed by atoms with Crippen molar-refractivity contribution in [2.24, 2.45) is 10.4 Å². The van der Waals surface area contributed by atoms with Gasteiger partial charge in [-0.15, -0.1) is 5.11 Å². The van der Waals surface area contributed by atoms with E-state index in [2.05, 4.69) is 15.2 Å². The lowest BCUT2D eigenvalue weighted by molar-refractivity contribution is 0.175. The minimum atomic E-state index is -0.115. The summed E-state index contributed by atoms with van der Waals surface area (Å²) in [6.45, 7) is 5.86. The van der Waals surface area contributed by atoms with Gasteiger partial charge in [0.05, 0.1) is 5.54 Å². The Morgan fingerprint density at radius 3 is 1.88 bits per heavy atom. The van der Waals surface area contributed by atoms with Gasteiger partial charge in [0.2, 0.25) is 0 Å². The van der Waals surface area contributed by atoms with Gasteiger partial charge in [-0.05, 0) is 20.8 Å². The van der Waals surface area contributed by atoms with E-state index in [1.54, 1.807) is 0 Å². The van der Waals surface area contributed by atoms with Crippen molar-refractivity contribution >= 4 is 0 Å². The van der Waals surface area contributed by atoms with Crippen molar-refractivity contribution in [3.05, 3.63) is 0 Å². The van der Waals surface area contributed by atoms with E-state index in [9.17, 15) is 0 Å². The second kappa shape index (κ2) is 2.64. The molecule has 0 rings (SSSR count). The molecule has 0 aliphatic heterocycles. The third-order valence-corrected chi connectivity index (χ3v) is 0.422. The van der Waals surface area contributed by atoms with E-state index in [1.165, 1.54) is 7.11 Å². The predicted molar refractivity (Wildman–Crippen MR) is 31.6 cm³/mol.